The smallest absolute Gasteiger partial charge is 0.405 e. The van der Waals surface area contributed by atoms with Crippen LogP contribution >= 0.6 is 0 Å². The summed E-state index contributed by atoms with van der Waals surface area (Å²) in [5.41, 5.74) is 0.496. The molecule has 0 radical (unpaired) electrons. The summed E-state index contributed by atoms with van der Waals surface area (Å²) in [6.45, 7) is 1.61. The number of hydrogen-bond acceptors (Lipinski definition) is 1. The lowest BCUT2D eigenvalue weighted by Gasteiger charge is -2.12. The molecule has 0 saturated carbocycles. The highest BCUT2D eigenvalue weighted by Gasteiger charge is 2.31. The van der Waals surface area contributed by atoms with Gasteiger partial charge in [-0.05, 0) is 29.3 Å². The minimum Gasteiger partial charge on any atom is -0.405 e. The molecule has 0 atom stereocenters. The van der Waals surface area contributed by atoms with Crippen LogP contribution in [0, 0.1) is 6.92 Å². The van der Waals surface area contributed by atoms with Gasteiger partial charge >= 0.3 is 6.36 Å². The second-order valence-corrected chi connectivity index (χ2v) is 3.46. The van der Waals surface area contributed by atoms with Crippen molar-refractivity contribution in [1.82, 2.24) is 0 Å². The van der Waals surface area contributed by atoms with E-state index >= 15 is 0 Å². The fourth-order valence-corrected chi connectivity index (χ4v) is 1.64. The summed E-state index contributed by atoms with van der Waals surface area (Å²) in [5, 5.41) is 1.67. The normalized spacial score (nSPS) is 11.8. The first-order valence-electron chi connectivity index (χ1n) is 4.71. The molecule has 2 aromatic carbocycles. The van der Waals surface area contributed by atoms with Crippen LogP contribution in [-0.4, -0.2) is 6.36 Å². The van der Waals surface area contributed by atoms with Crippen LogP contribution in [0.3, 0.4) is 0 Å². The SMILES string of the molecule is Cc1c(OC(F)(F)F)ccc2ccccc12. The monoisotopic (exact) mass is 226 g/mol. The van der Waals surface area contributed by atoms with E-state index in [9.17, 15) is 13.2 Å². The van der Waals surface area contributed by atoms with Crippen LogP contribution in [0.15, 0.2) is 36.4 Å². The quantitative estimate of drug-likeness (QED) is 0.712. The van der Waals surface area contributed by atoms with Crippen LogP contribution in [-0.2, 0) is 0 Å². The van der Waals surface area contributed by atoms with Crippen molar-refractivity contribution in [2.45, 2.75) is 13.3 Å². The Morgan fingerprint density at radius 3 is 2.38 bits per heavy atom. The fraction of sp³-hybridized carbons (Fsp3) is 0.167. The Hall–Kier alpha value is -1.71. The Balaban J connectivity index is 2.53. The van der Waals surface area contributed by atoms with E-state index in [1.165, 1.54) is 6.07 Å². The van der Waals surface area contributed by atoms with E-state index in [-0.39, 0.29) is 5.75 Å². The predicted octanol–water partition coefficient (Wildman–Crippen LogP) is 4.05. The number of ether oxygens (including phenoxy) is 1. The Bertz CT molecular complexity index is 517. The van der Waals surface area contributed by atoms with Crippen LogP contribution in [0.5, 0.6) is 5.75 Å². The molecule has 0 aromatic heterocycles. The average Bonchev–Trinajstić information content (AvgIpc) is 2.21. The molecule has 0 aliphatic heterocycles. The number of halogens is 3. The number of benzene rings is 2. The first-order chi connectivity index (χ1) is 7.47. The van der Waals surface area contributed by atoms with Gasteiger partial charge in [-0.2, -0.15) is 0 Å². The molecule has 0 bridgehead atoms. The van der Waals surface area contributed by atoms with Crippen molar-refractivity contribution in [2.75, 3.05) is 0 Å². The van der Waals surface area contributed by atoms with Crippen LogP contribution in [0.1, 0.15) is 5.56 Å². The summed E-state index contributed by atoms with van der Waals surface area (Å²) in [6, 6.07) is 10.2. The molecule has 0 spiro atoms. The van der Waals surface area contributed by atoms with Gasteiger partial charge in [-0.15, -0.1) is 13.2 Å². The van der Waals surface area contributed by atoms with Gasteiger partial charge in [0.1, 0.15) is 5.75 Å². The number of rotatable bonds is 1. The van der Waals surface area contributed by atoms with Crippen molar-refractivity contribution < 1.29 is 17.9 Å². The Labute approximate surface area is 90.5 Å². The van der Waals surface area contributed by atoms with E-state index in [1.807, 2.05) is 12.1 Å². The molecule has 0 unspecified atom stereocenters. The van der Waals surface area contributed by atoms with Crippen molar-refractivity contribution in [3.8, 4) is 5.75 Å². The van der Waals surface area contributed by atoms with Crippen molar-refractivity contribution >= 4 is 10.8 Å². The standard InChI is InChI=1S/C12H9F3O/c1-8-10-5-3-2-4-9(10)6-7-11(8)16-12(13,14)15/h2-7H,1H3. The maximum atomic E-state index is 12.1. The van der Waals surface area contributed by atoms with Crippen molar-refractivity contribution in [2.24, 2.45) is 0 Å². The molecule has 0 saturated heterocycles. The first kappa shape index (κ1) is 10.8. The summed E-state index contributed by atoms with van der Waals surface area (Å²) < 4.78 is 40.2. The molecule has 0 aliphatic carbocycles. The Kier molecular flexibility index (Phi) is 2.50. The van der Waals surface area contributed by atoms with Gasteiger partial charge in [0.2, 0.25) is 0 Å². The zero-order valence-corrected chi connectivity index (χ0v) is 8.51. The fourth-order valence-electron chi connectivity index (χ4n) is 1.64. The summed E-state index contributed by atoms with van der Waals surface area (Å²) in [5.74, 6) is -0.147. The molecule has 4 heteroatoms. The van der Waals surface area contributed by atoms with Gasteiger partial charge in [-0.3, -0.25) is 0 Å². The third-order valence-corrected chi connectivity index (χ3v) is 2.37. The van der Waals surface area contributed by atoms with Gasteiger partial charge in [0, 0.05) is 0 Å². The second-order valence-electron chi connectivity index (χ2n) is 3.46. The van der Waals surface area contributed by atoms with Gasteiger partial charge in [0.15, 0.2) is 0 Å². The van der Waals surface area contributed by atoms with E-state index in [0.29, 0.717) is 5.56 Å². The lowest BCUT2D eigenvalue weighted by atomic mass is 10.1. The molecular weight excluding hydrogens is 217 g/mol. The van der Waals surface area contributed by atoms with Gasteiger partial charge < -0.3 is 4.74 Å². The Morgan fingerprint density at radius 2 is 1.69 bits per heavy atom. The highest BCUT2D eigenvalue weighted by Crippen LogP contribution is 2.31. The van der Waals surface area contributed by atoms with E-state index in [0.717, 1.165) is 10.8 Å². The van der Waals surface area contributed by atoms with E-state index in [1.54, 1.807) is 25.1 Å². The van der Waals surface area contributed by atoms with Gasteiger partial charge in [0.05, 0.1) is 0 Å². The minimum absolute atomic E-state index is 0.147. The largest absolute Gasteiger partial charge is 0.573 e. The molecule has 0 aliphatic rings. The van der Waals surface area contributed by atoms with E-state index in [4.69, 9.17) is 0 Å². The predicted molar refractivity (Wildman–Crippen MR) is 55.4 cm³/mol. The van der Waals surface area contributed by atoms with Crippen molar-refractivity contribution in [3.05, 3.63) is 42.0 Å². The molecule has 0 N–H and O–H groups in total. The van der Waals surface area contributed by atoms with Crippen molar-refractivity contribution in [3.63, 3.8) is 0 Å². The first-order valence-corrected chi connectivity index (χ1v) is 4.71. The van der Waals surface area contributed by atoms with Crippen LogP contribution in [0.2, 0.25) is 0 Å². The Morgan fingerprint density at radius 1 is 1.00 bits per heavy atom. The van der Waals surface area contributed by atoms with Gasteiger partial charge in [-0.1, -0.05) is 30.3 Å². The lowest BCUT2D eigenvalue weighted by molar-refractivity contribution is -0.274. The molecule has 0 heterocycles. The van der Waals surface area contributed by atoms with Gasteiger partial charge in [0.25, 0.3) is 0 Å². The molecule has 0 amide bonds. The van der Waals surface area contributed by atoms with Crippen LogP contribution in [0.4, 0.5) is 13.2 Å². The average molecular weight is 226 g/mol. The zero-order chi connectivity index (χ0) is 11.8. The number of alkyl halides is 3. The maximum absolute atomic E-state index is 12.1. The molecule has 0 fully saturated rings. The molecule has 2 rings (SSSR count). The second kappa shape index (κ2) is 3.70. The highest BCUT2D eigenvalue weighted by atomic mass is 19.4. The van der Waals surface area contributed by atoms with Crippen LogP contribution < -0.4 is 4.74 Å². The summed E-state index contributed by atoms with van der Waals surface area (Å²) >= 11 is 0. The maximum Gasteiger partial charge on any atom is 0.573 e. The van der Waals surface area contributed by atoms with Gasteiger partial charge in [-0.25, -0.2) is 0 Å². The van der Waals surface area contributed by atoms with E-state index < -0.39 is 6.36 Å². The van der Waals surface area contributed by atoms with Crippen LogP contribution in [0.25, 0.3) is 10.8 Å². The molecule has 2 aromatic rings. The lowest BCUT2D eigenvalue weighted by Crippen LogP contribution is -2.17. The topological polar surface area (TPSA) is 9.23 Å². The third kappa shape index (κ3) is 2.10. The molecule has 16 heavy (non-hydrogen) atoms. The number of fused-ring (bicyclic) bond motifs is 1. The zero-order valence-electron chi connectivity index (χ0n) is 8.51. The summed E-state index contributed by atoms with van der Waals surface area (Å²) in [7, 11) is 0. The number of hydrogen-bond donors (Lipinski definition) is 0. The molecule has 84 valence electrons. The van der Waals surface area contributed by atoms with Crippen molar-refractivity contribution in [1.29, 1.82) is 0 Å². The summed E-state index contributed by atoms with van der Waals surface area (Å²) in [6.07, 6.45) is -4.65. The third-order valence-electron chi connectivity index (χ3n) is 2.37. The molecule has 1 nitrogen and oxygen atoms in total. The summed E-state index contributed by atoms with van der Waals surface area (Å²) in [4.78, 5) is 0. The number of aryl methyl sites for hydroxylation is 1. The minimum atomic E-state index is -4.65. The molecular formula is C12H9F3O. The van der Waals surface area contributed by atoms with E-state index in [2.05, 4.69) is 4.74 Å². The highest BCUT2D eigenvalue weighted by molar-refractivity contribution is 5.87.